The zero-order chi connectivity index (χ0) is 2.71. The molecular weight excluding hydrogens is 202 g/mol. The van der Waals surface area contributed by atoms with Crippen LogP contribution in [-0.4, -0.2) is 4.89 Å². The van der Waals surface area contributed by atoms with E-state index in [-0.39, 0.29) is 35.6 Å². The Morgan fingerprint density at radius 2 is 1.75 bits per heavy atom. The van der Waals surface area contributed by atoms with Crippen molar-refractivity contribution in [1.82, 2.24) is 0 Å². The second kappa shape index (κ2) is 8.87. The van der Waals surface area contributed by atoms with Crippen molar-refractivity contribution >= 4 is 8.69 Å². The van der Waals surface area contributed by atoms with E-state index < -0.39 is 8.69 Å². The molecule has 0 rings (SSSR count). The standard InChI is InChI=1S/La.HO2P/c;1-3-2/h;3H/p+1. The first-order chi connectivity index (χ1) is 1.41. The van der Waals surface area contributed by atoms with Gasteiger partial charge in [-0.15, -0.1) is 0 Å². The van der Waals surface area contributed by atoms with Crippen LogP contribution in [0.2, 0.25) is 0 Å². The summed E-state index contributed by atoms with van der Waals surface area (Å²) < 4.78 is 8.51. The van der Waals surface area contributed by atoms with Crippen molar-refractivity contribution in [3.8, 4) is 0 Å². The van der Waals surface area contributed by atoms with Gasteiger partial charge >= 0.3 is 8.69 Å². The maximum Gasteiger partial charge on any atom is 0.491 e. The van der Waals surface area contributed by atoms with Gasteiger partial charge in [-0.2, -0.15) is 4.89 Å². The predicted octanol–water partition coefficient (Wildman–Crippen LogP) is -0.0823. The Hall–Kier alpha value is 1.25. The van der Waals surface area contributed by atoms with Crippen LogP contribution in [0.4, 0.5) is 0 Å². The van der Waals surface area contributed by atoms with Gasteiger partial charge in [-0.05, 0) is 4.57 Å². The topological polar surface area (TPSA) is 37.3 Å². The van der Waals surface area contributed by atoms with Crippen LogP contribution in [0, 0.1) is 35.6 Å². The first-order valence-corrected chi connectivity index (χ1v) is 1.28. The van der Waals surface area contributed by atoms with Gasteiger partial charge in [0.1, 0.15) is 0 Å². The van der Waals surface area contributed by atoms with E-state index in [0.717, 1.165) is 0 Å². The van der Waals surface area contributed by atoms with Crippen molar-refractivity contribution in [3.05, 3.63) is 0 Å². The van der Waals surface area contributed by atoms with Crippen molar-refractivity contribution < 1.29 is 45.1 Å². The Labute approximate surface area is 53.5 Å². The summed E-state index contributed by atoms with van der Waals surface area (Å²) in [6.07, 6.45) is 0. The third-order valence-electron chi connectivity index (χ3n) is 0. The Bertz CT molecular complexity index is 13.5. The molecule has 0 aromatic carbocycles. The summed E-state index contributed by atoms with van der Waals surface area (Å²) in [5, 5.41) is 0. The summed E-state index contributed by atoms with van der Waals surface area (Å²) in [6.45, 7) is 0. The monoisotopic (exact) mass is 204 g/mol. The van der Waals surface area contributed by atoms with Gasteiger partial charge in [-0.3, -0.25) is 0 Å². The molecule has 0 heterocycles. The minimum atomic E-state index is -1.17. The molecule has 4 heavy (non-hydrogen) atoms. The molecule has 1 atom stereocenters. The molecule has 0 fully saturated rings. The van der Waals surface area contributed by atoms with E-state index >= 15 is 0 Å². The molecule has 0 bridgehead atoms. The van der Waals surface area contributed by atoms with Crippen molar-refractivity contribution in [1.29, 1.82) is 0 Å². The number of hydrogen-bond acceptors (Lipinski definition) is 1. The summed E-state index contributed by atoms with van der Waals surface area (Å²) in [4.78, 5) is 7.04. The average Bonchev–Trinajstić information content (AvgIpc) is 0.918. The van der Waals surface area contributed by atoms with Gasteiger partial charge in [0.15, 0.2) is 0 Å². The Morgan fingerprint density at radius 1 is 1.75 bits per heavy atom. The van der Waals surface area contributed by atoms with Crippen molar-refractivity contribution in [2.75, 3.05) is 0 Å². The largest absolute Gasteiger partial charge is 0.491 e. The molecule has 1 radical (unpaired) electrons. The Morgan fingerprint density at radius 3 is 1.75 bits per heavy atom. The van der Waals surface area contributed by atoms with Crippen LogP contribution in [0.15, 0.2) is 0 Å². The molecule has 0 aromatic rings. The van der Waals surface area contributed by atoms with Gasteiger partial charge in [0.05, 0.1) is 0 Å². The smallest absolute Gasteiger partial charge is 0.162 e. The molecular formula is H2LaO2P+. The van der Waals surface area contributed by atoms with Crippen molar-refractivity contribution in [3.63, 3.8) is 0 Å². The van der Waals surface area contributed by atoms with Crippen LogP contribution in [0.25, 0.3) is 0 Å². The third kappa shape index (κ3) is 10.5. The molecule has 0 saturated carbocycles. The molecule has 0 aliphatic heterocycles. The molecule has 0 aromatic heterocycles. The van der Waals surface area contributed by atoms with Crippen LogP contribution >= 0.6 is 8.69 Å². The Balaban J connectivity index is 0. The zero-order valence-electron chi connectivity index (χ0n) is 1.93. The maximum absolute atomic E-state index is 8.51. The quantitative estimate of drug-likeness (QED) is 0.560. The van der Waals surface area contributed by atoms with Gasteiger partial charge in [-0.1, -0.05) is 0 Å². The molecule has 1 N–H and O–H groups in total. The number of hydrogen-bond donors (Lipinski definition) is 1. The SMILES string of the molecule is O=[PH+]O.[La]. The molecule has 4 heteroatoms. The number of rotatable bonds is 0. The van der Waals surface area contributed by atoms with Crippen molar-refractivity contribution in [2.24, 2.45) is 0 Å². The van der Waals surface area contributed by atoms with Gasteiger partial charge in [0.2, 0.25) is 0 Å². The van der Waals surface area contributed by atoms with Crippen molar-refractivity contribution in [2.45, 2.75) is 0 Å². The summed E-state index contributed by atoms with van der Waals surface area (Å²) in [5.41, 5.74) is 0. The van der Waals surface area contributed by atoms with E-state index in [9.17, 15) is 0 Å². The normalized spacial score (nSPS) is 5.25. The first kappa shape index (κ1) is 8.98. The fraction of sp³-hybridized carbons (Fsp3) is 0. The second-order valence-electron chi connectivity index (χ2n) is 0.0913. The molecule has 0 spiro atoms. The molecule has 1 unspecified atom stereocenters. The van der Waals surface area contributed by atoms with Crippen LogP contribution < -0.4 is 0 Å². The molecule has 2 nitrogen and oxygen atoms in total. The minimum Gasteiger partial charge on any atom is -0.162 e. The van der Waals surface area contributed by atoms with Gasteiger partial charge in [0, 0.05) is 35.6 Å². The summed E-state index contributed by atoms with van der Waals surface area (Å²) in [7, 11) is -1.17. The summed E-state index contributed by atoms with van der Waals surface area (Å²) >= 11 is 0. The van der Waals surface area contributed by atoms with Crippen LogP contribution in [-0.2, 0) is 4.57 Å². The molecule has 0 amide bonds. The third-order valence-corrected chi connectivity index (χ3v) is 0. The maximum atomic E-state index is 8.51. The summed E-state index contributed by atoms with van der Waals surface area (Å²) in [6, 6.07) is 0. The minimum absolute atomic E-state index is 0. The van der Waals surface area contributed by atoms with E-state index in [0.29, 0.717) is 0 Å². The van der Waals surface area contributed by atoms with Gasteiger partial charge in [-0.25, -0.2) is 0 Å². The molecule has 0 aliphatic carbocycles. The van der Waals surface area contributed by atoms with Crippen LogP contribution in [0.3, 0.4) is 0 Å². The average molecular weight is 204 g/mol. The van der Waals surface area contributed by atoms with E-state index in [1.165, 1.54) is 0 Å². The van der Waals surface area contributed by atoms with Gasteiger partial charge < -0.3 is 0 Å². The van der Waals surface area contributed by atoms with E-state index in [2.05, 4.69) is 0 Å². The predicted molar refractivity (Wildman–Crippen MR) is 11.2 cm³/mol. The van der Waals surface area contributed by atoms with E-state index in [1.807, 2.05) is 0 Å². The van der Waals surface area contributed by atoms with Crippen LogP contribution in [0.5, 0.6) is 0 Å². The first-order valence-electron chi connectivity index (χ1n) is 0.428. The molecule has 0 aliphatic rings. The Kier molecular flexibility index (Phi) is 19.9. The molecule has 21 valence electrons. The van der Waals surface area contributed by atoms with Crippen LogP contribution in [0.1, 0.15) is 0 Å². The fourth-order valence-electron chi connectivity index (χ4n) is 0. The van der Waals surface area contributed by atoms with Gasteiger partial charge in [0.25, 0.3) is 0 Å². The van der Waals surface area contributed by atoms with E-state index in [4.69, 9.17) is 9.46 Å². The second-order valence-corrected chi connectivity index (χ2v) is 0.274. The fourth-order valence-corrected chi connectivity index (χ4v) is 0. The van der Waals surface area contributed by atoms with E-state index in [1.54, 1.807) is 0 Å². The summed E-state index contributed by atoms with van der Waals surface area (Å²) in [5.74, 6) is 0. The molecule has 0 saturated heterocycles. The zero-order valence-corrected chi connectivity index (χ0v) is 6.56.